The van der Waals surface area contributed by atoms with E-state index >= 15 is 0 Å². The van der Waals surface area contributed by atoms with Crippen molar-refractivity contribution in [2.24, 2.45) is 0 Å². The summed E-state index contributed by atoms with van der Waals surface area (Å²) < 4.78 is 18.4. The summed E-state index contributed by atoms with van der Waals surface area (Å²) in [6, 6.07) is 13.7. The molecule has 1 aliphatic rings. The van der Waals surface area contributed by atoms with Crippen molar-refractivity contribution in [3.63, 3.8) is 0 Å². The number of ether oxygens (including phenoxy) is 3. The van der Waals surface area contributed by atoms with E-state index < -0.39 is 6.04 Å². The number of amides is 1. The molecule has 1 unspecified atom stereocenters. The first kappa shape index (κ1) is 25.1. The third kappa shape index (κ3) is 4.61. The van der Waals surface area contributed by atoms with E-state index in [9.17, 15) is 4.79 Å². The Kier molecular flexibility index (Phi) is 6.89. The van der Waals surface area contributed by atoms with E-state index in [1.54, 1.807) is 67.7 Å². The zero-order valence-corrected chi connectivity index (χ0v) is 21.9. The molecule has 1 atom stereocenters. The predicted octanol–water partition coefficient (Wildman–Crippen LogP) is 4.95. The molecule has 194 valence electrons. The Hall–Kier alpha value is -4.57. The van der Waals surface area contributed by atoms with E-state index in [-0.39, 0.29) is 5.91 Å². The third-order valence-corrected chi connectivity index (χ3v) is 6.37. The highest BCUT2D eigenvalue weighted by atomic mass is 35.5. The number of halogens is 1. The second-order valence-electron chi connectivity index (χ2n) is 8.43. The number of anilines is 2. The second kappa shape index (κ2) is 10.4. The molecule has 0 saturated heterocycles. The number of rotatable bonds is 7. The molecule has 1 aliphatic heterocycles. The van der Waals surface area contributed by atoms with E-state index in [0.29, 0.717) is 56.6 Å². The highest BCUT2D eigenvalue weighted by molar-refractivity contribution is 6.30. The molecule has 1 amide bonds. The van der Waals surface area contributed by atoms with Crippen LogP contribution in [0.1, 0.15) is 18.5 Å². The number of fused-ring (bicyclic) bond motifs is 1. The van der Waals surface area contributed by atoms with Crippen LogP contribution in [0, 0.1) is 0 Å². The van der Waals surface area contributed by atoms with Gasteiger partial charge in [0.05, 0.1) is 38.8 Å². The number of benzene rings is 2. The third-order valence-electron chi connectivity index (χ3n) is 6.12. The fraction of sp³-hybridized carbons (Fsp3) is 0.185. The van der Waals surface area contributed by atoms with Crippen LogP contribution >= 0.6 is 11.6 Å². The monoisotopic (exact) mass is 532 g/mol. The van der Waals surface area contributed by atoms with Crippen LogP contribution in [0.3, 0.4) is 0 Å². The van der Waals surface area contributed by atoms with Crippen LogP contribution in [-0.2, 0) is 4.79 Å². The molecule has 5 rings (SSSR count). The van der Waals surface area contributed by atoms with E-state index in [4.69, 9.17) is 35.9 Å². The van der Waals surface area contributed by atoms with E-state index in [1.165, 1.54) is 7.11 Å². The summed E-state index contributed by atoms with van der Waals surface area (Å²) in [6.07, 6.45) is 3.22. The predicted molar refractivity (Wildman–Crippen MR) is 144 cm³/mol. The molecule has 0 spiro atoms. The van der Waals surface area contributed by atoms with Crippen molar-refractivity contribution < 1.29 is 19.0 Å². The Balaban J connectivity index is 1.67. The molecule has 0 radical (unpaired) electrons. The number of nitrogens with zero attached hydrogens (tertiary/aromatic N) is 4. The lowest BCUT2D eigenvalue weighted by molar-refractivity contribution is -0.113. The maximum atomic E-state index is 13.7. The van der Waals surface area contributed by atoms with E-state index in [0.717, 1.165) is 5.56 Å². The minimum Gasteiger partial charge on any atom is -0.493 e. The number of allylic oxidation sites excluding steroid dienone is 1. The van der Waals surface area contributed by atoms with Gasteiger partial charge in [0, 0.05) is 22.5 Å². The molecule has 38 heavy (non-hydrogen) atoms. The molecule has 0 saturated carbocycles. The van der Waals surface area contributed by atoms with Gasteiger partial charge in [-0.2, -0.15) is 4.98 Å². The van der Waals surface area contributed by atoms with Crippen LogP contribution in [0.25, 0.3) is 11.4 Å². The van der Waals surface area contributed by atoms with Crippen molar-refractivity contribution in [1.82, 2.24) is 19.7 Å². The quantitative estimate of drug-likeness (QED) is 0.344. The first-order chi connectivity index (χ1) is 18.4. The van der Waals surface area contributed by atoms with Crippen molar-refractivity contribution >= 4 is 29.1 Å². The molecular weight excluding hydrogens is 508 g/mol. The molecule has 3 heterocycles. The minimum atomic E-state index is -0.676. The summed E-state index contributed by atoms with van der Waals surface area (Å²) in [5.41, 5.74) is 3.08. The van der Waals surface area contributed by atoms with Gasteiger partial charge in [-0.25, -0.2) is 4.68 Å². The fourth-order valence-electron chi connectivity index (χ4n) is 4.37. The van der Waals surface area contributed by atoms with Crippen molar-refractivity contribution in [2.45, 2.75) is 13.0 Å². The summed E-state index contributed by atoms with van der Waals surface area (Å²) in [5.74, 6) is 1.97. The number of hydrogen-bond donors (Lipinski definition) is 2. The Bertz CT molecular complexity index is 1490. The van der Waals surface area contributed by atoms with Crippen LogP contribution in [0.2, 0.25) is 5.02 Å². The van der Waals surface area contributed by atoms with Crippen LogP contribution in [0.4, 0.5) is 11.6 Å². The standard InChI is InChI=1S/C27H25ClN6O4/c1-15-22(26(35)31-19-6-5-11-29-14-19)23(17-12-20(36-2)24(38-4)21(13-17)37-3)34-27(30-15)32-25(33-34)16-7-9-18(28)10-8-16/h5-14,23H,1-4H3,(H,31,35)(H,30,32,33). The Morgan fingerprint density at radius 3 is 2.37 bits per heavy atom. The summed E-state index contributed by atoms with van der Waals surface area (Å²) in [7, 11) is 4.62. The Morgan fingerprint density at radius 1 is 1.05 bits per heavy atom. The lowest BCUT2D eigenvalue weighted by Gasteiger charge is -2.29. The summed E-state index contributed by atoms with van der Waals surface area (Å²) in [6.45, 7) is 1.82. The summed E-state index contributed by atoms with van der Waals surface area (Å²) >= 11 is 6.08. The highest BCUT2D eigenvalue weighted by Crippen LogP contribution is 2.44. The number of nitrogens with one attached hydrogen (secondary N) is 2. The fourth-order valence-corrected chi connectivity index (χ4v) is 4.49. The maximum absolute atomic E-state index is 13.7. The second-order valence-corrected chi connectivity index (χ2v) is 8.87. The average Bonchev–Trinajstić information content (AvgIpc) is 3.35. The topological polar surface area (TPSA) is 112 Å². The Morgan fingerprint density at radius 2 is 1.76 bits per heavy atom. The van der Waals surface area contributed by atoms with Gasteiger partial charge in [0.2, 0.25) is 11.7 Å². The SMILES string of the molecule is COc1cc(C2C(C(=O)Nc3cccnc3)=C(C)Nc3nc(-c4ccc(Cl)cc4)nn32)cc(OC)c1OC. The number of methoxy groups -OCH3 is 3. The normalized spacial score (nSPS) is 14.4. The van der Waals surface area contributed by atoms with E-state index in [2.05, 4.69) is 15.6 Å². The van der Waals surface area contributed by atoms with Crippen molar-refractivity contribution in [3.05, 3.63) is 82.8 Å². The molecule has 2 aromatic heterocycles. The lowest BCUT2D eigenvalue weighted by Crippen LogP contribution is -2.31. The molecule has 4 aromatic rings. The van der Waals surface area contributed by atoms with Crippen molar-refractivity contribution in [1.29, 1.82) is 0 Å². The van der Waals surface area contributed by atoms with Gasteiger partial charge in [0.25, 0.3) is 5.91 Å². The number of pyridine rings is 1. The minimum absolute atomic E-state index is 0.323. The molecule has 10 nitrogen and oxygen atoms in total. The molecule has 0 aliphatic carbocycles. The van der Waals surface area contributed by atoms with Gasteiger partial charge in [0.15, 0.2) is 17.3 Å². The smallest absolute Gasteiger partial charge is 0.255 e. The van der Waals surface area contributed by atoms with Crippen LogP contribution < -0.4 is 24.8 Å². The highest BCUT2D eigenvalue weighted by Gasteiger charge is 2.36. The summed E-state index contributed by atoms with van der Waals surface area (Å²) in [5, 5.41) is 11.6. The van der Waals surface area contributed by atoms with Gasteiger partial charge >= 0.3 is 0 Å². The molecule has 2 N–H and O–H groups in total. The van der Waals surface area contributed by atoms with Gasteiger partial charge in [-0.15, -0.1) is 5.10 Å². The lowest BCUT2D eigenvalue weighted by atomic mass is 9.94. The van der Waals surface area contributed by atoms with Crippen LogP contribution in [-0.4, -0.2) is 47.0 Å². The van der Waals surface area contributed by atoms with Crippen molar-refractivity contribution in [3.8, 4) is 28.6 Å². The zero-order valence-electron chi connectivity index (χ0n) is 21.2. The molecule has 2 aromatic carbocycles. The number of hydrogen-bond acceptors (Lipinski definition) is 8. The summed E-state index contributed by atoms with van der Waals surface area (Å²) in [4.78, 5) is 22.5. The molecular formula is C27H25ClN6O4. The van der Waals surface area contributed by atoms with Crippen LogP contribution in [0.15, 0.2) is 72.2 Å². The van der Waals surface area contributed by atoms with Gasteiger partial charge < -0.3 is 24.8 Å². The molecule has 0 bridgehead atoms. The van der Waals surface area contributed by atoms with Gasteiger partial charge in [-0.05, 0) is 61.0 Å². The Labute approximate surface area is 224 Å². The zero-order chi connectivity index (χ0) is 26.8. The van der Waals surface area contributed by atoms with Crippen LogP contribution in [0.5, 0.6) is 17.2 Å². The maximum Gasteiger partial charge on any atom is 0.255 e. The first-order valence-electron chi connectivity index (χ1n) is 11.6. The average molecular weight is 533 g/mol. The number of carbonyl (C=O) groups excluding carboxylic acids is 1. The molecule has 0 fully saturated rings. The van der Waals surface area contributed by atoms with E-state index in [1.807, 2.05) is 19.1 Å². The molecule has 11 heteroatoms. The van der Waals surface area contributed by atoms with Gasteiger partial charge in [0.1, 0.15) is 6.04 Å². The van der Waals surface area contributed by atoms with Gasteiger partial charge in [-0.3, -0.25) is 9.78 Å². The number of carbonyl (C=O) groups is 1. The van der Waals surface area contributed by atoms with Crippen molar-refractivity contribution in [2.75, 3.05) is 32.0 Å². The first-order valence-corrected chi connectivity index (χ1v) is 12.0. The number of aromatic nitrogens is 4. The largest absolute Gasteiger partial charge is 0.493 e. The van der Waals surface area contributed by atoms with Gasteiger partial charge in [-0.1, -0.05) is 11.6 Å².